The molecule has 8 nitrogen and oxygen atoms in total. The molecule has 2 aliphatic rings. The number of pyridine rings is 1. The highest BCUT2D eigenvalue weighted by Crippen LogP contribution is 2.29. The summed E-state index contributed by atoms with van der Waals surface area (Å²) in [4.78, 5) is 21.9. The zero-order chi connectivity index (χ0) is 25.1. The zero-order valence-electron chi connectivity index (χ0n) is 20.4. The lowest BCUT2D eigenvalue weighted by Gasteiger charge is -2.35. The van der Waals surface area contributed by atoms with Crippen molar-refractivity contribution >= 4 is 26.6 Å². The van der Waals surface area contributed by atoms with Gasteiger partial charge in [-0.15, -0.1) is 0 Å². The summed E-state index contributed by atoms with van der Waals surface area (Å²) in [5, 5.41) is 0.766. The Balaban J connectivity index is 1.29. The number of methoxy groups -OCH3 is 1. The number of carbonyl (C=O) groups is 1. The molecular weight excluding hydrogens is 478 g/mol. The molecule has 0 bridgehead atoms. The molecule has 1 aromatic heterocycles. The van der Waals surface area contributed by atoms with Crippen molar-refractivity contribution in [1.82, 2.24) is 14.8 Å². The predicted molar refractivity (Wildman–Crippen MR) is 137 cm³/mol. The van der Waals surface area contributed by atoms with Crippen LogP contribution in [0, 0.1) is 0 Å². The molecule has 0 saturated carbocycles. The van der Waals surface area contributed by atoms with Crippen LogP contribution in [0.3, 0.4) is 0 Å². The summed E-state index contributed by atoms with van der Waals surface area (Å²) in [5.41, 5.74) is 1.44. The normalized spacial score (nSPS) is 19.0. The maximum absolute atomic E-state index is 13.3. The second-order valence-electron chi connectivity index (χ2n) is 9.34. The van der Waals surface area contributed by atoms with Crippen molar-refractivity contribution in [2.75, 3.05) is 46.4 Å². The van der Waals surface area contributed by atoms with E-state index >= 15 is 0 Å². The number of rotatable bonds is 7. The van der Waals surface area contributed by atoms with E-state index in [4.69, 9.17) is 9.47 Å². The molecule has 1 atom stereocenters. The fourth-order valence-corrected chi connectivity index (χ4v) is 6.55. The van der Waals surface area contributed by atoms with Crippen molar-refractivity contribution in [3.8, 4) is 5.75 Å². The van der Waals surface area contributed by atoms with E-state index in [1.54, 1.807) is 42.6 Å². The fourth-order valence-electron chi connectivity index (χ4n) is 5.00. The molecule has 0 radical (unpaired) electrons. The van der Waals surface area contributed by atoms with E-state index in [-0.39, 0.29) is 16.6 Å². The number of carbonyl (C=O) groups excluding carboxylic acids is 1. The molecule has 0 aliphatic carbocycles. The number of para-hydroxylation sites is 1. The third kappa shape index (κ3) is 5.23. The first-order chi connectivity index (χ1) is 17.4. The Hall–Kier alpha value is -3.01. The van der Waals surface area contributed by atoms with E-state index in [9.17, 15) is 13.2 Å². The lowest BCUT2D eigenvalue weighted by atomic mass is 10.1. The van der Waals surface area contributed by atoms with Crippen molar-refractivity contribution in [3.05, 3.63) is 65.9 Å². The summed E-state index contributed by atoms with van der Waals surface area (Å²) in [5.74, 6) is 0.0646. The van der Waals surface area contributed by atoms with Gasteiger partial charge in [0.1, 0.15) is 5.75 Å². The number of nitrogens with zero attached hydrogens (tertiary/aromatic N) is 3. The first-order valence-electron chi connectivity index (χ1n) is 12.3. The number of benzene rings is 2. The summed E-state index contributed by atoms with van der Waals surface area (Å²) < 4.78 is 37.9. The number of amides is 1. The smallest absolute Gasteiger partial charge is 0.254 e. The van der Waals surface area contributed by atoms with Crippen molar-refractivity contribution in [1.29, 1.82) is 0 Å². The van der Waals surface area contributed by atoms with E-state index in [1.807, 2.05) is 17.0 Å². The molecule has 0 N–H and O–H groups in total. The molecule has 9 heteroatoms. The van der Waals surface area contributed by atoms with E-state index in [0.717, 1.165) is 44.5 Å². The van der Waals surface area contributed by atoms with Gasteiger partial charge >= 0.3 is 0 Å². The zero-order valence-corrected chi connectivity index (χ0v) is 21.2. The Labute approximate surface area is 211 Å². The summed E-state index contributed by atoms with van der Waals surface area (Å²) in [6.07, 6.45) is 4.13. The highest BCUT2D eigenvalue weighted by molar-refractivity contribution is 7.90. The lowest BCUT2D eigenvalue weighted by molar-refractivity contribution is 0.0432. The molecule has 36 heavy (non-hydrogen) atoms. The molecule has 2 aliphatic heterocycles. The van der Waals surface area contributed by atoms with E-state index in [1.165, 1.54) is 7.11 Å². The largest absolute Gasteiger partial charge is 0.496 e. The number of ether oxygens (including phenoxy) is 2. The quantitative estimate of drug-likeness (QED) is 0.483. The van der Waals surface area contributed by atoms with Crippen molar-refractivity contribution in [2.24, 2.45) is 0 Å². The minimum atomic E-state index is -3.70. The highest BCUT2D eigenvalue weighted by atomic mass is 32.2. The number of fused-ring (bicyclic) bond motifs is 1. The Bertz CT molecular complexity index is 1340. The summed E-state index contributed by atoms with van der Waals surface area (Å²) in [7, 11) is -2.21. The van der Waals surface area contributed by atoms with Crippen LogP contribution in [0.5, 0.6) is 5.75 Å². The van der Waals surface area contributed by atoms with E-state index in [0.29, 0.717) is 41.6 Å². The summed E-state index contributed by atoms with van der Waals surface area (Å²) >= 11 is 0. The number of sulfone groups is 1. The Kier molecular flexibility index (Phi) is 7.22. The van der Waals surface area contributed by atoms with Crippen LogP contribution < -0.4 is 4.74 Å². The third-order valence-electron chi connectivity index (χ3n) is 6.96. The first kappa shape index (κ1) is 24.7. The maximum atomic E-state index is 13.3. The second-order valence-corrected chi connectivity index (χ2v) is 11.3. The Morgan fingerprint density at radius 3 is 2.67 bits per heavy atom. The van der Waals surface area contributed by atoms with Crippen LogP contribution in [0.15, 0.2) is 59.6 Å². The molecule has 3 heterocycles. The van der Waals surface area contributed by atoms with Crippen LogP contribution in [-0.4, -0.2) is 81.7 Å². The van der Waals surface area contributed by atoms with Gasteiger partial charge < -0.3 is 14.4 Å². The first-order valence-corrected chi connectivity index (χ1v) is 14.0. The molecule has 2 aromatic carbocycles. The minimum Gasteiger partial charge on any atom is -0.496 e. The number of hydrogen-bond acceptors (Lipinski definition) is 7. The van der Waals surface area contributed by atoms with Gasteiger partial charge in [0.05, 0.1) is 29.4 Å². The van der Waals surface area contributed by atoms with Crippen LogP contribution in [-0.2, 0) is 20.3 Å². The second kappa shape index (κ2) is 10.5. The van der Waals surface area contributed by atoms with Gasteiger partial charge in [-0.2, -0.15) is 0 Å². The molecule has 0 spiro atoms. The van der Waals surface area contributed by atoms with Gasteiger partial charge in [0.15, 0.2) is 9.84 Å². The van der Waals surface area contributed by atoms with Crippen LogP contribution in [0.4, 0.5) is 0 Å². The van der Waals surface area contributed by atoms with Gasteiger partial charge in [-0.3, -0.25) is 14.7 Å². The number of hydrogen-bond donors (Lipinski definition) is 0. The van der Waals surface area contributed by atoms with Crippen LogP contribution >= 0.6 is 0 Å². The average molecular weight is 510 g/mol. The Morgan fingerprint density at radius 1 is 1.11 bits per heavy atom. The predicted octanol–water partition coefficient (Wildman–Crippen LogP) is 3.15. The van der Waals surface area contributed by atoms with Crippen LogP contribution in [0.2, 0.25) is 0 Å². The van der Waals surface area contributed by atoms with Gasteiger partial charge in [-0.05, 0) is 37.1 Å². The monoisotopic (exact) mass is 509 g/mol. The minimum absolute atomic E-state index is 0.0715. The molecule has 2 saturated heterocycles. The molecule has 1 amide bonds. The lowest BCUT2D eigenvalue weighted by Crippen LogP contribution is -2.50. The average Bonchev–Trinajstić information content (AvgIpc) is 3.41. The van der Waals surface area contributed by atoms with Crippen molar-refractivity contribution in [3.63, 3.8) is 0 Å². The third-order valence-corrected chi connectivity index (χ3v) is 8.65. The highest BCUT2D eigenvalue weighted by Gasteiger charge is 2.27. The Morgan fingerprint density at radius 2 is 1.92 bits per heavy atom. The van der Waals surface area contributed by atoms with Gasteiger partial charge in [-0.25, -0.2) is 8.42 Å². The summed E-state index contributed by atoms with van der Waals surface area (Å²) in [6, 6.07) is 13.8. The van der Waals surface area contributed by atoms with Crippen LogP contribution in [0.25, 0.3) is 10.9 Å². The molecule has 1 unspecified atom stereocenters. The molecular formula is C27H31N3O5S. The van der Waals surface area contributed by atoms with Crippen molar-refractivity contribution in [2.45, 2.75) is 29.6 Å². The maximum Gasteiger partial charge on any atom is 0.254 e. The fraction of sp³-hybridized carbons (Fsp3) is 0.407. The topological polar surface area (TPSA) is 89.0 Å². The molecule has 5 rings (SSSR count). The molecule has 190 valence electrons. The van der Waals surface area contributed by atoms with Gasteiger partial charge in [0.25, 0.3) is 5.91 Å². The summed E-state index contributed by atoms with van der Waals surface area (Å²) in [6.45, 7) is 4.71. The molecule has 2 fully saturated rings. The van der Waals surface area contributed by atoms with Gasteiger partial charge in [0.2, 0.25) is 0 Å². The van der Waals surface area contributed by atoms with Gasteiger partial charge in [0, 0.05) is 62.0 Å². The van der Waals surface area contributed by atoms with Crippen molar-refractivity contribution < 1.29 is 22.7 Å². The van der Waals surface area contributed by atoms with Crippen LogP contribution in [0.1, 0.15) is 28.8 Å². The standard InChI is InChI=1S/C27H31N3O5S/c1-34-24-17-21(27(31)30-14-12-29(13-15-30)18-23-7-4-16-35-23)9-10-22(24)19-36(32,33)25-8-2-5-20-6-3-11-28-26(20)25/h2-3,5-6,8-11,17,23H,4,7,12-16,18-19H2,1H3. The number of piperazine rings is 1. The molecule has 3 aromatic rings. The van der Waals surface area contributed by atoms with E-state index < -0.39 is 9.84 Å². The SMILES string of the molecule is COc1cc(C(=O)N2CCN(CC3CCCO3)CC2)ccc1CS(=O)(=O)c1cccc2cccnc12. The van der Waals surface area contributed by atoms with Gasteiger partial charge in [-0.1, -0.05) is 24.3 Å². The van der Waals surface area contributed by atoms with E-state index in [2.05, 4.69) is 9.88 Å². The number of aromatic nitrogens is 1.